The number of piperazine rings is 1. The van der Waals surface area contributed by atoms with Gasteiger partial charge in [0.1, 0.15) is 5.82 Å². The molecule has 1 saturated heterocycles. The first-order valence-corrected chi connectivity index (χ1v) is 9.03. The maximum Gasteiger partial charge on any atom is 0.253 e. The number of fused-ring (bicyclic) bond motifs is 1. The summed E-state index contributed by atoms with van der Waals surface area (Å²) in [4.78, 5) is 21.5. The number of aromatic nitrogens is 1. The number of rotatable bonds is 2. The van der Waals surface area contributed by atoms with Crippen LogP contribution in [0.2, 0.25) is 0 Å². The first-order valence-electron chi connectivity index (χ1n) is 8.15. The van der Waals surface area contributed by atoms with E-state index in [9.17, 15) is 4.79 Å². The first kappa shape index (κ1) is 15.1. The molecule has 122 valence electrons. The third-order valence-electron chi connectivity index (χ3n) is 4.55. The van der Waals surface area contributed by atoms with Gasteiger partial charge in [-0.1, -0.05) is 6.07 Å². The molecule has 0 bridgehead atoms. The molecular weight excluding hydrogens is 318 g/mol. The van der Waals surface area contributed by atoms with Crippen molar-refractivity contribution in [1.29, 1.82) is 0 Å². The number of anilines is 1. The van der Waals surface area contributed by atoms with Crippen LogP contribution in [0.25, 0.3) is 10.1 Å². The summed E-state index contributed by atoms with van der Waals surface area (Å²) in [5.41, 5.74) is 1.96. The minimum atomic E-state index is 0.125. The zero-order chi connectivity index (χ0) is 16.5. The van der Waals surface area contributed by atoms with Gasteiger partial charge in [-0.3, -0.25) is 4.79 Å². The molecule has 0 atom stereocenters. The number of thiophene rings is 1. The van der Waals surface area contributed by atoms with Crippen LogP contribution in [0.3, 0.4) is 0 Å². The lowest BCUT2D eigenvalue weighted by atomic mass is 10.1. The molecule has 3 aromatic rings. The van der Waals surface area contributed by atoms with Gasteiger partial charge in [-0.05, 0) is 53.6 Å². The third kappa shape index (κ3) is 2.76. The average Bonchev–Trinajstić information content (AvgIpc) is 3.09. The summed E-state index contributed by atoms with van der Waals surface area (Å²) in [7, 11) is 0. The Balaban J connectivity index is 1.47. The van der Waals surface area contributed by atoms with Crippen LogP contribution in [0.4, 0.5) is 5.82 Å². The van der Waals surface area contributed by atoms with Crippen LogP contribution in [-0.2, 0) is 0 Å². The summed E-state index contributed by atoms with van der Waals surface area (Å²) >= 11 is 1.70. The van der Waals surface area contributed by atoms with Gasteiger partial charge in [-0.2, -0.15) is 0 Å². The Morgan fingerprint density at radius 3 is 2.75 bits per heavy atom. The molecule has 3 heterocycles. The Labute approximate surface area is 145 Å². The molecule has 5 heteroatoms. The normalized spacial score (nSPS) is 15.0. The fourth-order valence-corrected chi connectivity index (χ4v) is 3.98. The number of hydrogen-bond acceptors (Lipinski definition) is 4. The largest absolute Gasteiger partial charge is 0.353 e. The van der Waals surface area contributed by atoms with Crippen molar-refractivity contribution in [3.05, 3.63) is 59.1 Å². The third-order valence-corrected chi connectivity index (χ3v) is 5.45. The zero-order valence-corrected chi connectivity index (χ0v) is 14.4. The molecule has 4 rings (SSSR count). The second-order valence-electron chi connectivity index (χ2n) is 6.10. The van der Waals surface area contributed by atoms with Crippen LogP contribution in [0.5, 0.6) is 0 Å². The van der Waals surface area contributed by atoms with Crippen LogP contribution in [0.15, 0.2) is 48.0 Å². The predicted molar refractivity (Wildman–Crippen MR) is 98.9 cm³/mol. The van der Waals surface area contributed by atoms with Crippen LogP contribution in [0, 0.1) is 6.92 Å². The topological polar surface area (TPSA) is 36.4 Å². The quantitative estimate of drug-likeness (QED) is 0.717. The molecule has 1 aliphatic rings. The van der Waals surface area contributed by atoms with Crippen LogP contribution >= 0.6 is 11.3 Å². The van der Waals surface area contributed by atoms with E-state index in [2.05, 4.69) is 34.3 Å². The number of benzene rings is 1. The van der Waals surface area contributed by atoms with Crippen LogP contribution in [0.1, 0.15) is 15.9 Å². The highest BCUT2D eigenvalue weighted by atomic mass is 32.1. The van der Waals surface area contributed by atoms with Crippen molar-refractivity contribution in [2.75, 3.05) is 31.1 Å². The van der Waals surface area contributed by atoms with E-state index in [-0.39, 0.29) is 5.91 Å². The van der Waals surface area contributed by atoms with Crippen molar-refractivity contribution in [3.8, 4) is 0 Å². The molecule has 0 unspecified atom stereocenters. The molecule has 0 radical (unpaired) electrons. The number of pyridine rings is 1. The second-order valence-corrected chi connectivity index (χ2v) is 7.04. The molecular formula is C19H19N3OS. The van der Waals surface area contributed by atoms with E-state index in [0.717, 1.165) is 42.9 Å². The Hall–Kier alpha value is -2.40. The van der Waals surface area contributed by atoms with Crippen LogP contribution < -0.4 is 4.90 Å². The fourth-order valence-electron chi connectivity index (χ4n) is 3.21. The minimum Gasteiger partial charge on any atom is -0.353 e. The summed E-state index contributed by atoms with van der Waals surface area (Å²) < 4.78 is 1.22. The molecule has 0 spiro atoms. The van der Waals surface area contributed by atoms with Gasteiger partial charge in [0, 0.05) is 42.6 Å². The Bertz CT molecular complexity index is 881. The smallest absolute Gasteiger partial charge is 0.253 e. The van der Waals surface area contributed by atoms with Crippen molar-refractivity contribution < 1.29 is 4.79 Å². The van der Waals surface area contributed by atoms with Crippen molar-refractivity contribution >= 4 is 33.1 Å². The molecule has 1 amide bonds. The zero-order valence-electron chi connectivity index (χ0n) is 13.6. The fraction of sp³-hybridized carbons (Fsp3) is 0.263. The van der Waals surface area contributed by atoms with Gasteiger partial charge < -0.3 is 9.80 Å². The maximum atomic E-state index is 12.8. The van der Waals surface area contributed by atoms with Gasteiger partial charge in [0.05, 0.1) is 0 Å². The van der Waals surface area contributed by atoms with Gasteiger partial charge in [0.25, 0.3) is 5.91 Å². The SMILES string of the molecule is Cc1cccnc1N1CCN(C(=O)c2ccc3sccc3c2)CC1. The Morgan fingerprint density at radius 2 is 1.96 bits per heavy atom. The van der Waals surface area contributed by atoms with E-state index in [0.29, 0.717) is 0 Å². The summed E-state index contributed by atoms with van der Waals surface area (Å²) in [5.74, 6) is 1.16. The van der Waals surface area contributed by atoms with E-state index in [1.54, 1.807) is 11.3 Å². The van der Waals surface area contributed by atoms with Crippen molar-refractivity contribution in [1.82, 2.24) is 9.88 Å². The standard InChI is InChI=1S/C19H19N3OS/c1-14-3-2-7-20-18(14)21-8-10-22(11-9-21)19(23)16-4-5-17-15(13-16)6-12-24-17/h2-7,12-13H,8-11H2,1H3. The molecule has 1 aromatic carbocycles. The van der Waals surface area contributed by atoms with E-state index in [4.69, 9.17) is 0 Å². The van der Waals surface area contributed by atoms with E-state index in [1.165, 1.54) is 10.3 Å². The van der Waals surface area contributed by atoms with E-state index < -0.39 is 0 Å². The van der Waals surface area contributed by atoms with Gasteiger partial charge in [-0.15, -0.1) is 11.3 Å². The molecule has 0 saturated carbocycles. The number of aryl methyl sites for hydroxylation is 1. The first-order chi connectivity index (χ1) is 11.7. The van der Waals surface area contributed by atoms with Gasteiger partial charge in [0.2, 0.25) is 0 Å². The summed E-state index contributed by atoms with van der Waals surface area (Å²) in [6.07, 6.45) is 1.83. The van der Waals surface area contributed by atoms with Gasteiger partial charge >= 0.3 is 0 Å². The Morgan fingerprint density at radius 1 is 1.12 bits per heavy atom. The van der Waals surface area contributed by atoms with Crippen molar-refractivity contribution in [3.63, 3.8) is 0 Å². The molecule has 4 nitrogen and oxygen atoms in total. The molecule has 1 aliphatic heterocycles. The van der Waals surface area contributed by atoms with Crippen molar-refractivity contribution in [2.45, 2.75) is 6.92 Å². The summed E-state index contributed by atoms with van der Waals surface area (Å²) in [5, 5.41) is 3.21. The highest BCUT2D eigenvalue weighted by molar-refractivity contribution is 7.17. The number of carbonyl (C=O) groups is 1. The molecule has 2 aromatic heterocycles. The molecule has 0 N–H and O–H groups in total. The minimum absolute atomic E-state index is 0.125. The van der Waals surface area contributed by atoms with E-state index >= 15 is 0 Å². The molecule has 24 heavy (non-hydrogen) atoms. The number of amides is 1. The van der Waals surface area contributed by atoms with Gasteiger partial charge in [-0.25, -0.2) is 4.98 Å². The summed E-state index contributed by atoms with van der Waals surface area (Å²) in [6.45, 7) is 5.19. The highest BCUT2D eigenvalue weighted by Crippen LogP contribution is 2.23. The second kappa shape index (κ2) is 6.24. The lowest BCUT2D eigenvalue weighted by Crippen LogP contribution is -2.49. The number of nitrogens with zero attached hydrogens (tertiary/aromatic N) is 3. The number of hydrogen-bond donors (Lipinski definition) is 0. The molecule has 1 fully saturated rings. The predicted octanol–water partition coefficient (Wildman–Crippen LogP) is 3.57. The van der Waals surface area contributed by atoms with E-state index in [1.807, 2.05) is 35.4 Å². The lowest BCUT2D eigenvalue weighted by molar-refractivity contribution is 0.0746. The van der Waals surface area contributed by atoms with Gasteiger partial charge in [0.15, 0.2) is 0 Å². The average molecular weight is 337 g/mol. The molecule has 0 aliphatic carbocycles. The maximum absolute atomic E-state index is 12.8. The Kier molecular flexibility index (Phi) is 3.94. The summed E-state index contributed by atoms with van der Waals surface area (Å²) in [6, 6.07) is 12.1. The monoisotopic (exact) mass is 337 g/mol. The highest BCUT2D eigenvalue weighted by Gasteiger charge is 2.23. The lowest BCUT2D eigenvalue weighted by Gasteiger charge is -2.36. The number of carbonyl (C=O) groups excluding carboxylic acids is 1. The van der Waals surface area contributed by atoms with Crippen LogP contribution in [-0.4, -0.2) is 42.0 Å². The van der Waals surface area contributed by atoms with Crippen molar-refractivity contribution in [2.24, 2.45) is 0 Å².